The fourth-order valence-corrected chi connectivity index (χ4v) is 1.49. The molecule has 7 heteroatoms. The van der Waals surface area contributed by atoms with Crippen molar-refractivity contribution in [3.8, 4) is 11.6 Å². The SMILES string of the molecule is CC(C)(C)OC(=O)Nc1nc2c(cc1Cl)OCO2. The minimum absolute atomic E-state index is 0.0918. The molecule has 98 valence electrons. The lowest BCUT2D eigenvalue weighted by Crippen LogP contribution is -2.27. The summed E-state index contributed by atoms with van der Waals surface area (Å²) >= 11 is 5.95. The van der Waals surface area contributed by atoms with Crippen molar-refractivity contribution in [2.24, 2.45) is 0 Å². The largest absolute Gasteiger partial charge is 0.452 e. The van der Waals surface area contributed by atoms with E-state index in [9.17, 15) is 4.79 Å². The molecule has 0 unspecified atom stereocenters. The highest BCUT2D eigenvalue weighted by Gasteiger charge is 2.21. The minimum Gasteiger partial charge on any atom is -0.452 e. The highest BCUT2D eigenvalue weighted by Crippen LogP contribution is 2.35. The van der Waals surface area contributed by atoms with Crippen LogP contribution < -0.4 is 14.8 Å². The molecule has 1 aliphatic rings. The highest BCUT2D eigenvalue weighted by atomic mass is 35.5. The lowest BCUT2D eigenvalue weighted by Gasteiger charge is -2.19. The summed E-state index contributed by atoms with van der Waals surface area (Å²) in [5.41, 5.74) is -0.590. The molecule has 2 heterocycles. The molecular formula is C11H13ClN2O4. The van der Waals surface area contributed by atoms with E-state index in [1.807, 2.05) is 0 Å². The molecule has 6 nitrogen and oxygen atoms in total. The molecule has 1 N–H and O–H groups in total. The molecule has 0 aliphatic carbocycles. The van der Waals surface area contributed by atoms with E-state index in [0.29, 0.717) is 11.6 Å². The first-order chi connectivity index (χ1) is 8.35. The minimum atomic E-state index is -0.629. The van der Waals surface area contributed by atoms with Crippen LogP contribution in [0.5, 0.6) is 11.6 Å². The molecule has 1 aromatic rings. The number of nitrogens with one attached hydrogen (secondary N) is 1. The van der Waals surface area contributed by atoms with Crippen molar-refractivity contribution < 1.29 is 19.0 Å². The van der Waals surface area contributed by atoms with Gasteiger partial charge in [-0.05, 0) is 20.8 Å². The summed E-state index contributed by atoms with van der Waals surface area (Å²) in [6.45, 7) is 5.39. The number of rotatable bonds is 1. The summed E-state index contributed by atoms with van der Waals surface area (Å²) in [5, 5.41) is 2.71. The zero-order valence-corrected chi connectivity index (χ0v) is 11.0. The van der Waals surface area contributed by atoms with Crippen molar-refractivity contribution in [3.63, 3.8) is 0 Å². The average Bonchev–Trinajstić information content (AvgIpc) is 2.62. The fraction of sp³-hybridized carbons (Fsp3) is 0.455. The zero-order chi connectivity index (χ0) is 13.3. The maximum Gasteiger partial charge on any atom is 0.413 e. The van der Waals surface area contributed by atoms with E-state index in [2.05, 4.69) is 10.3 Å². The number of anilines is 1. The maximum atomic E-state index is 11.6. The molecule has 0 atom stereocenters. The quantitative estimate of drug-likeness (QED) is 0.851. The molecular weight excluding hydrogens is 260 g/mol. The van der Waals surface area contributed by atoms with Crippen LogP contribution in [-0.2, 0) is 4.74 Å². The molecule has 0 fully saturated rings. The number of hydrogen-bond acceptors (Lipinski definition) is 5. The number of ether oxygens (including phenoxy) is 3. The molecule has 0 saturated carbocycles. The highest BCUT2D eigenvalue weighted by molar-refractivity contribution is 6.33. The molecule has 0 aromatic carbocycles. The molecule has 1 aliphatic heterocycles. The average molecular weight is 273 g/mol. The summed E-state index contributed by atoms with van der Waals surface area (Å²) in [4.78, 5) is 15.6. The first-order valence-electron chi connectivity index (χ1n) is 5.31. The molecule has 1 aromatic heterocycles. The number of nitrogens with zero attached hydrogens (tertiary/aromatic N) is 1. The van der Waals surface area contributed by atoms with Crippen LogP contribution in [0.25, 0.3) is 0 Å². The van der Waals surface area contributed by atoms with Gasteiger partial charge in [-0.1, -0.05) is 11.6 Å². The lowest BCUT2D eigenvalue weighted by molar-refractivity contribution is 0.0635. The number of aromatic nitrogens is 1. The van der Waals surface area contributed by atoms with Crippen LogP contribution in [0.15, 0.2) is 6.07 Å². The summed E-state index contributed by atoms with van der Waals surface area (Å²) in [7, 11) is 0. The van der Waals surface area contributed by atoms with Crippen molar-refractivity contribution in [3.05, 3.63) is 11.1 Å². The number of halogens is 1. The van der Waals surface area contributed by atoms with Gasteiger partial charge < -0.3 is 14.2 Å². The zero-order valence-electron chi connectivity index (χ0n) is 10.2. The predicted octanol–water partition coefficient (Wildman–Crippen LogP) is 2.81. The summed E-state index contributed by atoms with van der Waals surface area (Å²) < 4.78 is 15.3. The van der Waals surface area contributed by atoms with Crippen LogP contribution >= 0.6 is 11.6 Å². The van der Waals surface area contributed by atoms with Crippen LogP contribution in [0.4, 0.5) is 10.6 Å². The Morgan fingerprint density at radius 2 is 2.22 bits per heavy atom. The summed E-state index contributed by atoms with van der Waals surface area (Å²) in [6, 6.07) is 1.53. The second-order valence-corrected chi connectivity index (χ2v) is 5.06. The Kier molecular flexibility index (Phi) is 3.21. The Labute approximate surface area is 109 Å². The third kappa shape index (κ3) is 2.95. The van der Waals surface area contributed by atoms with Crippen LogP contribution in [0.3, 0.4) is 0 Å². The van der Waals surface area contributed by atoms with Crippen molar-refractivity contribution in [2.75, 3.05) is 12.1 Å². The van der Waals surface area contributed by atoms with Gasteiger partial charge in [0.25, 0.3) is 5.88 Å². The smallest absolute Gasteiger partial charge is 0.413 e. The first-order valence-corrected chi connectivity index (χ1v) is 5.69. The predicted molar refractivity (Wildman–Crippen MR) is 65.2 cm³/mol. The molecule has 0 bridgehead atoms. The van der Waals surface area contributed by atoms with Gasteiger partial charge in [0, 0.05) is 6.07 Å². The fourth-order valence-electron chi connectivity index (χ4n) is 1.30. The van der Waals surface area contributed by atoms with E-state index in [0.717, 1.165) is 0 Å². The van der Waals surface area contributed by atoms with Gasteiger partial charge in [0.15, 0.2) is 11.6 Å². The van der Waals surface area contributed by atoms with E-state index in [1.165, 1.54) is 6.07 Å². The van der Waals surface area contributed by atoms with Crippen LogP contribution in [0.2, 0.25) is 5.02 Å². The topological polar surface area (TPSA) is 69.7 Å². The van der Waals surface area contributed by atoms with Gasteiger partial charge >= 0.3 is 6.09 Å². The maximum absolute atomic E-state index is 11.6. The van der Waals surface area contributed by atoms with Gasteiger partial charge in [0.2, 0.25) is 6.79 Å². The Balaban J connectivity index is 2.12. The van der Waals surface area contributed by atoms with E-state index in [-0.39, 0.29) is 17.6 Å². The Morgan fingerprint density at radius 1 is 1.50 bits per heavy atom. The second kappa shape index (κ2) is 4.53. The normalized spacial score (nSPS) is 13.3. The van der Waals surface area contributed by atoms with Crippen molar-refractivity contribution >= 4 is 23.5 Å². The van der Waals surface area contributed by atoms with Crippen LogP contribution in [-0.4, -0.2) is 23.5 Å². The molecule has 0 spiro atoms. The van der Waals surface area contributed by atoms with Gasteiger partial charge in [-0.2, -0.15) is 4.98 Å². The number of pyridine rings is 1. The lowest BCUT2D eigenvalue weighted by atomic mass is 10.2. The first kappa shape index (κ1) is 12.8. The van der Waals surface area contributed by atoms with Crippen molar-refractivity contribution in [2.45, 2.75) is 26.4 Å². The molecule has 18 heavy (non-hydrogen) atoms. The van der Waals surface area contributed by atoms with E-state index >= 15 is 0 Å². The van der Waals surface area contributed by atoms with Crippen molar-refractivity contribution in [1.29, 1.82) is 0 Å². The summed E-state index contributed by atoms with van der Waals surface area (Å²) in [6.07, 6.45) is -0.629. The number of fused-ring (bicyclic) bond motifs is 1. The Hall–Kier alpha value is -1.69. The van der Waals surface area contributed by atoms with E-state index in [4.69, 9.17) is 25.8 Å². The summed E-state index contributed by atoms with van der Waals surface area (Å²) in [5.74, 6) is 0.926. The molecule has 1 amide bonds. The number of carbonyl (C=O) groups excluding carboxylic acids is 1. The molecule has 0 radical (unpaired) electrons. The molecule has 0 saturated heterocycles. The number of hydrogen-bond donors (Lipinski definition) is 1. The van der Waals surface area contributed by atoms with Gasteiger partial charge in [0.1, 0.15) is 5.60 Å². The third-order valence-corrected chi connectivity index (χ3v) is 2.23. The Morgan fingerprint density at radius 3 is 2.89 bits per heavy atom. The monoisotopic (exact) mass is 272 g/mol. The number of carbonyl (C=O) groups is 1. The standard InChI is InChI=1S/C11H13ClN2O4/c1-11(2,3)18-10(15)14-8-6(12)4-7-9(13-8)17-5-16-7/h4H,5H2,1-3H3,(H,13,14,15). The van der Waals surface area contributed by atoms with Gasteiger partial charge in [-0.15, -0.1) is 0 Å². The van der Waals surface area contributed by atoms with Crippen molar-refractivity contribution in [1.82, 2.24) is 4.98 Å². The number of amides is 1. The van der Waals surface area contributed by atoms with E-state index in [1.54, 1.807) is 20.8 Å². The van der Waals surface area contributed by atoms with Gasteiger partial charge in [-0.3, -0.25) is 5.32 Å². The van der Waals surface area contributed by atoms with Crippen LogP contribution in [0, 0.1) is 0 Å². The van der Waals surface area contributed by atoms with Gasteiger partial charge in [0.05, 0.1) is 5.02 Å². The van der Waals surface area contributed by atoms with E-state index < -0.39 is 11.7 Å². The molecule has 2 rings (SSSR count). The second-order valence-electron chi connectivity index (χ2n) is 4.66. The Bertz CT molecular complexity index is 485. The third-order valence-electron chi connectivity index (χ3n) is 1.94. The van der Waals surface area contributed by atoms with Crippen LogP contribution in [0.1, 0.15) is 20.8 Å². The van der Waals surface area contributed by atoms with Gasteiger partial charge in [-0.25, -0.2) is 4.79 Å².